The van der Waals surface area contributed by atoms with Crippen molar-refractivity contribution in [2.45, 2.75) is 70.6 Å². The van der Waals surface area contributed by atoms with Crippen LogP contribution in [0.25, 0.3) is 0 Å². The Kier molecular flexibility index (Phi) is 9.63. The number of hydrogen-bond acceptors (Lipinski definition) is 1. The molecule has 0 bridgehead atoms. The summed E-state index contributed by atoms with van der Waals surface area (Å²) in [6.07, 6.45) is 13.6. The minimum atomic E-state index is 0.299. The van der Waals surface area contributed by atoms with E-state index in [9.17, 15) is 4.79 Å². The van der Waals surface area contributed by atoms with Gasteiger partial charge in [-0.05, 0) is 25.7 Å². The minimum absolute atomic E-state index is 0.299. The summed E-state index contributed by atoms with van der Waals surface area (Å²) in [7, 11) is 0. The molecule has 0 saturated heterocycles. The van der Waals surface area contributed by atoms with Crippen molar-refractivity contribution in [2.75, 3.05) is 11.9 Å². The molecule has 0 aromatic rings. The maximum atomic E-state index is 12.0. The molecule has 1 N–H and O–H groups in total. The van der Waals surface area contributed by atoms with Crippen molar-refractivity contribution in [3.63, 3.8) is 0 Å². The zero-order chi connectivity index (χ0) is 13.1. The third-order valence-electron chi connectivity index (χ3n) is 3.84. The topological polar surface area (TPSA) is 29.1 Å². The third-order valence-corrected chi connectivity index (χ3v) is 4.40. The Bertz CT molecular complexity index is 213. The van der Waals surface area contributed by atoms with Crippen molar-refractivity contribution in [3.8, 4) is 0 Å². The van der Waals surface area contributed by atoms with Crippen LogP contribution in [0.3, 0.4) is 0 Å². The van der Waals surface area contributed by atoms with Crippen molar-refractivity contribution >= 4 is 21.8 Å². The second kappa shape index (κ2) is 10.8. The van der Waals surface area contributed by atoms with E-state index in [0.29, 0.717) is 11.8 Å². The summed E-state index contributed by atoms with van der Waals surface area (Å²) in [6, 6.07) is 0. The van der Waals surface area contributed by atoms with Gasteiger partial charge < -0.3 is 5.32 Å². The van der Waals surface area contributed by atoms with Crippen LogP contribution in [-0.4, -0.2) is 17.8 Å². The summed E-state index contributed by atoms with van der Waals surface area (Å²) < 4.78 is 0. The first-order valence-electron chi connectivity index (χ1n) is 7.68. The second-order valence-electron chi connectivity index (χ2n) is 5.44. The Hall–Kier alpha value is -0.0500. The predicted octanol–water partition coefficient (Wildman–Crippen LogP) is 4.42. The van der Waals surface area contributed by atoms with Crippen LogP contribution in [0.4, 0.5) is 0 Å². The lowest BCUT2D eigenvalue weighted by molar-refractivity contribution is -0.125. The Morgan fingerprint density at radius 3 is 2.22 bits per heavy atom. The maximum Gasteiger partial charge on any atom is 0.223 e. The molecule has 0 spiro atoms. The highest BCUT2D eigenvalue weighted by molar-refractivity contribution is 9.09. The molecule has 0 atom stereocenters. The van der Waals surface area contributed by atoms with Gasteiger partial charge in [-0.25, -0.2) is 0 Å². The molecule has 1 aliphatic rings. The number of carbonyl (C=O) groups is 1. The minimum Gasteiger partial charge on any atom is -0.356 e. The summed E-state index contributed by atoms with van der Waals surface area (Å²) in [5.41, 5.74) is 0. The van der Waals surface area contributed by atoms with Crippen molar-refractivity contribution in [2.24, 2.45) is 5.92 Å². The Morgan fingerprint density at radius 1 is 0.944 bits per heavy atom. The van der Waals surface area contributed by atoms with Gasteiger partial charge in [-0.15, -0.1) is 0 Å². The van der Waals surface area contributed by atoms with Crippen LogP contribution >= 0.6 is 15.9 Å². The highest BCUT2D eigenvalue weighted by Crippen LogP contribution is 2.22. The number of rotatable bonds is 7. The molecule has 1 amide bonds. The fraction of sp³-hybridized carbons (Fsp3) is 0.933. The number of hydrogen-bond donors (Lipinski definition) is 1. The van der Waals surface area contributed by atoms with E-state index in [0.717, 1.165) is 31.1 Å². The molecule has 0 aromatic heterocycles. The highest BCUT2D eigenvalue weighted by Gasteiger charge is 2.18. The maximum absolute atomic E-state index is 12.0. The van der Waals surface area contributed by atoms with Gasteiger partial charge in [-0.1, -0.05) is 60.9 Å². The Labute approximate surface area is 120 Å². The van der Waals surface area contributed by atoms with Crippen LogP contribution in [0, 0.1) is 5.92 Å². The van der Waals surface area contributed by atoms with Crippen molar-refractivity contribution in [1.82, 2.24) is 5.32 Å². The first kappa shape index (κ1) is 16.0. The van der Waals surface area contributed by atoms with E-state index in [-0.39, 0.29) is 0 Å². The molecule has 1 aliphatic carbocycles. The summed E-state index contributed by atoms with van der Waals surface area (Å²) in [5, 5.41) is 4.23. The first-order valence-corrected chi connectivity index (χ1v) is 8.80. The van der Waals surface area contributed by atoms with Crippen LogP contribution in [0.15, 0.2) is 0 Å². The van der Waals surface area contributed by atoms with E-state index < -0.39 is 0 Å². The van der Waals surface area contributed by atoms with Gasteiger partial charge in [0.2, 0.25) is 5.91 Å². The van der Waals surface area contributed by atoms with Gasteiger partial charge in [0.05, 0.1) is 0 Å². The summed E-state index contributed by atoms with van der Waals surface area (Å²) in [5.74, 6) is 0.616. The average Bonchev–Trinajstić information content (AvgIpc) is 2.33. The molecule has 0 radical (unpaired) electrons. The summed E-state index contributed by atoms with van der Waals surface area (Å²) in [6.45, 7) is 0.873. The fourth-order valence-corrected chi connectivity index (χ4v) is 3.04. The van der Waals surface area contributed by atoms with Crippen LogP contribution < -0.4 is 5.32 Å². The van der Waals surface area contributed by atoms with E-state index in [4.69, 9.17) is 0 Å². The molecule has 18 heavy (non-hydrogen) atoms. The molecule has 1 rings (SSSR count). The number of halogens is 1. The molecular formula is C15H28BrNO. The summed E-state index contributed by atoms with van der Waals surface area (Å²) in [4.78, 5) is 12.0. The van der Waals surface area contributed by atoms with Gasteiger partial charge in [0.25, 0.3) is 0 Å². The zero-order valence-electron chi connectivity index (χ0n) is 11.6. The zero-order valence-corrected chi connectivity index (χ0v) is 13.1. The second-order valence-corrected chi connectivity index (χ2v) is 6.23. The molecule has 0 heterocycles. The van der Waals surface area contributed by atoms with Crippen LogP contribution in [0.5, 0.6) is 0 Å². The van der Waals surface area contributed by atoms with Crippen molar-refractivity contribution < 1.29 is 4.79 Å². The molecule has 1 fully saturated rings. The SMILES string of the molecule is O=C(NCCCCCCBr)C1CCCCCCC1. The molecule has 0 aromatic carbocycles. The van der Waals surface area contributed by atoms with E-state index >= 15 is 0 Å². The van der Waals surface area contributed by atoms with E-state index in [1.54, 1.807) is 0 Å². The molecule has 3 heteroatoms. The normalized spacial score (nSPS) is 18.1. The van der Waals surface area contributed by atoms with Crippen molar-refractivity contribution in [3.05, 3.63) is 0 Å². The lowest BCUT2D eigenvalue weighted by atomic mass is 9.90. The molecule has 1 saturated carbocycles. The van der Waals surface area contributed by atoms with Gasteiger partial charge in [0.1, 0.15) is 0 Å². The molecule has 106 valence electrons. The molecular weight excluding hydrogens is 290 g/mol. The van der Waals surface area contributed by atoms with Gasteiger partial charge in [0, 0.05) is 17.8 Å². The van der Waals surface area contributed by atoms with Gasteiger partial charge in [0.15, 0.2) is 0 Å². The van der Waals surface area contributed by atoms with Crippen LogP contribution in [-0.2, 0) is 4.79 Å². The standard InChI is InChI=1S/C15H28BrNO/c16-12-8-4-5-9-13-17-15(18)14-10-6-2-1-3-7-11-14/h14H,1-13H2,(H,17,18). The monoisotopic (exact) mass is 317 g/mol. The van der Waals surface area contributed by atoms with E-state index in [2.05, 4.69) is 21.2 Å². The van der Waals surface area contributed by atoms with Crippen molar-refractivity contribution in [1.29, 1.82) is 0 Å². The van der Waals surface area contributed by atoms with E-state index in [1.165, 1.54) is 51.4 Å². The molecule has 2 nitrogen and oxygen atoms in total. The number of amides is 1. The lowest BCUT2D eigenvalue weighted by Crippen LogP contribution is -2.31. The average molecular weight is 318 g/mol. The van der Waals surface area contributed by atoms with Gasteiger partial charge in [-0.3, -0.25) is 4.79 Å². The van der Waals surface area contributed by atoms with Crippen LogP contribution in [0.1, 0.15) is 70.6 Å². The first-order chi connectivity index (χ1) is 8.84. The molecule has 0 aliphatic heterocycles. The predicted molar refractivity (Wildman–Crippen MR) is 81.1 cm³/mol. The summed E-state index contributed by atoms with van der Waals surface area (Å²) >= 11 is 3.44. The van der Waals surface area contributed by atoms with Gasteiger partial charge >= 0.3 is 0 Å². The Morgan fingerprint density at radius 2 is 1.56 bits per heavy atom. The fourth-order valence-electron chi connectivity index (χ4n) is 2.65. The van der Waals surface area contributed by atoms with Gasteiger partial charge in [-0.2, -0.15) is 0 Å². The third kappa shape index (κ3) is 7.40. The number of alkyl halides is 1. The highest BCUT2D eigenvalue weighted by atomic mass is 79.9. The number of carbonyl (C=O) groups excluding carboxylic acids is 1. The molecule has 0 unspecified atom stereocenters. The van der Waals surface area contributed by atoms with Crippen LogP contribution in [0.2, 0.25) is 0 Å². The lowest BCUT2D eigenvalue weighted by Gasteiger charge is -2.19. The Balaban J connectivity index is 2.06. The smallest absolute Gasteiger partial charge is 0.223 e. The largest absolute Gasteiger partial charge is 0.356 e. The number of nitrogens with one attached hydrogen (secondary N) is 1. The van der Waals surface area contributed by atoms with E-state index in [1.807, 2.05) is 0 Å². The quantitative estimate of drug-likeness (QED) is 0.546. The number of unbranched alkanes of at least 4 members (excludes halogenated alkanes) is 3.